The van der Waals surface area contributed by atoms with Crippen LogP contribution < -0.4 is 10.6 Å². The quantitative estimate of drug-likeness (QED) is 0.482. The summed E-state index contributed by atoms with van der Waals surface area (Å²) in [5.74, 6) is 1.57. The molecule has 0 spiro atoms. The SMILES string of the molecule is CN=C(NCC(CC(C)C)N1CCOCC1)NCC(C)N1CCOCC1C. The predicted octanol–water partition coefficient (Wildman–Crippen LogP) is 1.01. The van der Waals surface area contributed by atoms with E-state index in [1.54, 1.807) is 0 Å². The Balaban J connectivity index is 1.79. The minimum atomic E-state index is 0.452. The van der Waals surface area contributed by atoms with Crippen molar-refractivity contribution in [1.29, 1.82) is 0 Å². The summed E-state index contributed by atoms with van der Waals surface area (Å²) in [4.78, 5) is 9.50. The Morgan fingerprint density at radius 3 is 2.33 bits per heavy atom. The Hall–Kier alpha value is -0.890. The molecule has 2 N–H and O–H groups in total. The van der Waals surface area contributed by atoms with Crippen molar-refractivity contribution in [3.05, 3.63) is 0 Å². The number of ether oxygens (including phenoxy) is 2. The summed E-state index contributed by atoms with van der Waals surface area (Å²) in [7, 11) is 1.85. The van der Waals surface area contributed by atoms with E-state index < -0.39 is 0 Å². The standard InChI is InChI=1S/C20H41N5O2/c1-16(2)12-19(24-6-9-26-10-7-24)14-23-20(21-5)22-13-17(3)25-8-11-27-15-18(25)4/h16-19H,6-15H2,1-5H3,(H2,21,22,23). The zero-order valence-electron chi connectivity index (χ0n) is 18.0. The molecule has 158 valence electrons. The average Bonchev–Trinajstić information content (AvgIpc) is 2.67. The van der Waals surface area contributed by atoms with Crippen LogP contribution in [0.15, 0.2) is 4.99 Å². The number of guanidine groups is 1. The Bertz CT molecular complexity index is 440. The molecule has 0 amide bonds. The molecule has 0 bridgehead atoms. The fourth-order valence-electron chi connectivity index (χ4n) is 4.04. The van der Waals surface area contributed by atoms with Gasteiger partial charge in [0.1, 0.15) is 0 Å². The Morgan fingerprint density at radius 1 is 1.04 bits per heavy atom. The van der Waals surface area contributed by atoms with Crippen LogP contribution >= 0.6 is 0 Å². The van der Waals surface area contributed by atoms with Crippen LogP contribution in [-0.4, -0.2) is 100 Å². The van der Waals surface area contributed by atoms with E-state index in [2.05, 4.69) is 53.1 Å². The van der Waals surface area contributed by atoms with Gasteiger partial charge in [-0.2, -0.15) is 0 Å². The van der Waals surface area contributed by atoms with Gasteiger partial charge in [-0.15, -0.1) is 0 Å². The molecule has 0 radical (unpaired) electrons. The lowest BCUT2D eigenvalue weighted by Gasteiger charge is -2.38. The number of aliphatic imine (C=N–C) groups is 1. The van der Waals surface area contributed by atoms with Gasteiger partial charge in [-0.1, -0.05) is 13.8 Å². The molecule has 0 aromatic rings. The zero-order valence-corrected chi connectivity index (χ0v) is 18.0. The normalized spacial score (nSPS) is 25.4. The molecule has 2 rings (SSSR count). The van der Waals surface area contributed by atoms with Crippen LogP contribution in [0.2, 0.25) is 0 Å². The third-order valence-electron chi connectivity index (χ3n) is 5.58. The van der Waals surface area contributed by atoms with Crippen molar-refractivity contribution in [2.75, 3.05) is 66.2 Å². The summed E-state index contributed by atoms with van der Waals surface area (Å²) < 4.78 is 11.1. The van der Waals surface area contributed by atoms with Crippen LogP contribution in [-0.2, 0) is 9.47 Å². The van der Waals surface area contributed by atoms with E-state index in [-0.39, 0.29) is 0 Å². The highest BCUT2D eigenvalue weighted by Gasteiger charge is 2.24. The molecule has 2 saturated heterocycles. The minimum Gasteiger partial charge on any atom is -0.379 e. The van der Waals surface area contributed by atoms with Crippen LogP contribution in [0.25, 0.3) is 0 Å². The van der Waals surface area contributed by atoms with Crippen LogP contribution in [0.5, 0.6) is 0 Å². The number of nitrogens with one attached hydrogen (secondary N) is 2. The first-order valence-electron chi connectivity index (χ1n) is 10.6. The molecule has 27 heavy (non-hydrogen) atoms. The summed E-state index contributed by atoms with van der Waals surface area (Å²) in [6.45, 7) is 17.3. The predicted molar refractivity (Wildman–Crippen MR) is 111 cm³/mol. The van der Waals surface area contributed by atoms with Gasteiger partial charge >= 0.3 is 0 Å². The smallest absolute Gasteiger partial charge is 0.191 e. The van der Waals surface area contributed by atoms with Crippen LogP contribution in [0.4, 0.5) is 0 Å². The second-order valence-corrected chi connectivity index (χ2v) is 8.28. The summed E-state index contributed by atoms with van der Waals surface area (Å²) in [5, 5.41) is 7.07. The van der Waals surface area contributed by atoms with Crippen molar-refractivity contribution in [1.82, 2.24) is 20.4 Å². The van der Waals surface area contributed by atoms with Gasteiger partial charge in [0.2, 0.25) is 0 Å². The maximum atomic E-state index is 5.55. The maximum Gasteiger partial charge on any atom is 0.191 e. The van der Waals surface area contributed by atoms with Gasteiger partial charge in [-0.25, -0.2) is 0 Å². The molecular formula is C20H41N5O2. The van der Waals surface area contributed by atoms with Crippen LogP contribution in [0, 0.1) is 5.92 Å². The van der Waals surface area contributed by atoms with Gasteiger partial charge in [0.05, 0.1) is 26.4 Å². The summed E-state index contributed by atoms with van der Waals surface area (Å²) >= 11 is 0. The van der Waals surface area contributed by atoms with Crippen molar-refractivity contribution in [3.8, 4) is 0 Å². The Morgan fingerprint density at radius 2 is 1.70 bits per heavy atom. The third-order valence-corrected chi connectivity index (χ3v) is 5.58. The molecule has 0 aliphatic carbocycles. The molecule has 0 aromatic carbocycles. The number of hydrogen-bond acceptors (Lipinski definition) is 5. The van der Waals surface area contributed by atoms with E-state index in [0.717, 1.165) is 65.1 Å². The zero-order chi connectivity index (χ0) is 19.6. The molecule has 3 unspecified atom stereocenters. The highest BCUT2D eigenvalue weighted by molar-refractivity contribution is 5.79. The van der Waals surface area contributed by atoms with Gasteiger partial charge in [0.25, 0.3) is 0 Å². The molecular weight excluding hydrogens is 342 g/mol. The van der Waals surface area contributed by atoms with Crippen molar-refractivity contribution < 1.29 is 9.47 Å². The number of hydrogen-bond donors (Lipinski definition) is 2. The molecule has 2 aliphatic heterocycles. The molecule has 2 aliphatic rings. The van der Waals surface area contributed by atoms with Crippen LogP contribution in [0.3, 0.4) is 0 Å². The lowest BCUT2D eigenvalue weighted by atomic mass is 10.0. The maximum absolute atomic E-state index is 5.55. The highest BCUT2D eigenvalue weighted by Crippen LogP contribution is 2.13. The first-order chi connectivity index (χ1) is 13.0. The molecule has 0 aromatic heterocycles. The van der Waals surface area contributed by atoms with Gasteiger partial charge in [-0.3, -0.25) is 14.8 Å². The van der Waals surface area contributed by atoms with E-state index in [9.17, 15) is 0 Å². The second kappa shape index (κ2) is 11.8. The van der Waals surface area contributed by atoms with E-state index in [4.69, 9.17) is 9.47 Å². The van der Waals surface area contributed by atoms with E-state index >= 15 is 0 Å². The molecule has 3 atom stereocenters. The van der Waals surface area contributed by atoms with Crippen LogP contribution in [0.1, 0.15) is 34.1 Å². The number of nitrogens with zero attached hydrogens (tertiary/aromatic N) is 3. The topological polar surface area (TPSA) is 61.4 Å². The van der Waals surface area contributed by atoms with Gasteiger partial charge in [-0.05, 0) is 26.2 Å². The number of morpholine rings is 2. The van der Waals surface area contributed by atoms with E-state index in [0.29, 0.717) is 24.0 Å². The van der Waals surface area contributed by atoms with E-state index in [1.165, 1.54) is 6.42 Å². The van der Waals surface area contributed by atoms with E-state index in [1.807, 2.05) is 7.05 Å². The largest absolute Gasteiger partial charge is 0.379 e. The Labute approximate surface area is 165 Å². The van der Waals surface area contributed by atoms with Crippen molar-refractivity contribution in [2.24, 2.45) is 10.9 Å². The second-order valence-electron chi connectivity index (χ2n) is 8.28. The summed E-state index contributed by atoms with van der Waals surface area (Å²) in [5.41, 5.74) is 0. The fourth-order valence-corrected chi connectivity index (χ4v) is 4.04. The van der Waals surface area contributed by atoms with Gasteiger partial charge in [0.15, 0.2) is 5.96 Å². The van der Waals surface area contributed by atoms with Gasteiger partial charge < -0.3 is 20.1 Å². The molecule has 0 saturated carbocycles. The first kappa shape index (κ1) is 22.4. The first-order valence-corrected chi connectivity index (χ1v) is 10.6. The monoisotopic (exact) mass is 383 g/mol. The molecule has 2 heterocycles. The van der Waals surface area contributed by atoms with Crippen molar-refractivity contribution in [2.45, 2.75) is 52.2 Å². The lowest BCUT2D eigenvalue weighted by molar-refractivity contribution is -0.0174. The number of rotatable bonds is 8. The third kappa shape index (κ3) is 7.56. The molecule has 7 heteroatoms. The van der Waals surface area contributed by atoms with Gasteiger partial charge in [0, 0.05) is 57.9 Å². The molecule has 2 fully saturated rings. The van der Waals surface area contributed by atoms with Crippen molar-refractivity contribution >= 4 is 5.96 Å². The average molecular weight is 384 g/mol. The minimum absolute atomic E-state index is 0.452. The highest BCUT2D eigenvalue weighted by atomic mass is 16.5. The van der Waals surface area contributed by atoms with Crippen molar-refractivity contribution in [3.63, 3.8) is 0 Å². The fraction of sp³-hybridized carbons (Fsp3) is 0.950. The summed E-state index contributed by atoms with van der Waals surface area (Å²) in [6, 6.07) is 1.44. The summed E-state index contributed by atoms with van der Waals surface area (Å²) in [6.07, 6.45) is 1.19. The Kier molecular flexibility index (Phi) is 9.82. The lowest BCUT2D eigenvalue weighted by Crippen LogP contribution is -2.54. The molecule has 7 nitrogen and oxygen atoms in total.